The fraction of sp³-hybridized carbons (Fsp3) is 0.867. The molecule has 0 bridgehead atoms. The van der Waals surface area contributed by atoms with E-state index in [0.717, 1.165) is 19.3 Å². The summed E-state index contributed by atoms with van der Waals surface area (Å²) in [4.78, 5) is 23.3. The number of ether oxygens (including phenoxy) is 2. The maximum atomic E-state index is 11.7. The lowest BCUT2D eigenvalue weighted by molar-refractivity contribution is -0.170. The molecule has 0 aliphatic rings. The summed E-state index contributed by atoms with van der Waals surface area (Å²) in [5, 5.41) is 0. The summed E-state index contributed by atoms with van der Waals surface area (Å²) in [6, 6.07) is 0. The first-order valence-electron chi connectivity index (χ1n) is 7.39. The highest BCUT2D eigenvalue weighted by atomic mass is 16.6. The van der Waals surface area contributed by atoms with Gasteiger partial charge in [-0.25, -0.2) is 4.79 Å². The van der Waals surface area contributed by atoms with Crippen molar-refractivity contribution in [3.63, 3.8) is 0 Å². The van der Waals surface area contributed by atoms with Crippen LogP contribution in [0.2, 0.25) is 0 Å². The highest BCUT2D eigenvalue weighted by molar-refractivity contribution is 5.79. The van der Waals surface area contributed by atoms with Gasteiger partial charge in [-0.1, -0.05) is 46.5 Å². The van der Waals surface area contributed by atoms with E-state index in [-0.39, 0.29) is 11.9 Å². The average molecular weight is 272 g/mol. The number of carbonyl (C=O) groups excluding carboxylic acids is 2. The fourth-order valence-electron chi connectivity index (χ4n) is 1.75. The smallest absolute Gasteiger partial charge is 0.347 e. The molecule has 0 aromatic rings. The lowest BCUT2D eigenvalue weighted by atomic mass is 10.1. The van der Waals surface area contributed by atoms with E-state index in [1.807, 2.05) is 13.8 Å². The number of carbonyl (C=O) groups is 2. The molecule has 0 aromatic carbocycles. The van der Waals surface area contributed by atoms with Crippen LogP contribution in [0.15, 0.2) is 0 Å². The highest BCUT2D eigenvalue weighted by Crippen LogP contribution is 2.12. The van der Waals surface area contributed by atoms with Crippen molar-refractivity contribution in [2.24, 2.45) is 5.92 Å². The molecule has 1 unspecified atom stereocenters. The number of esters is 2. The second-order valence-corrected chi connectivity index (χ2v) is 5.07. The third-order valence-electron chi connectivity index (χ3n) is 2.87. The SMILES string of the molecule is CCCCCCCC(=O)OC(C(=O)OCC)C(C)C. The molecule has 4 heteroatoms. The van der Waals surface area contributed by atoms with Crippen molar-refractivity contribution in [2.45, 2.75) is 72.3 Å². The molecule has 112 valence electrons. The Morgan fingerprint density at radius 1 is 1.00 bits per heavy atom. The van der Waals surface area contributed by atoms with Gasteiger partial charge in [0.1, 0.15) is 0 Å². The molecule has 0 saturated carbocycles. The Morgan fingerprint density at radius 2 is 1.63 bits per heavy atom. The van der Waals surface area contributed by atoms with Gasteiger partial charge in [-0.15, -0.1) is 0 Å². The van der Waals surface area contributed by atoms with Crippen LogP contribution in [-0.4, -0.2) is 24.6 Å². The normalized spacial score (nSPS) is 12.3. The average Bonchev–Trinajstić information content (AvgIpc) is 2.35. The monoisotopic (exact) mass is 272 g/mol. The van der Waals surface area contributed by atoms with Crippen LogP contribution >= 0.6 is 0 Å². The first-order chi connectivity index (χ1) is 9.02. The Kier molecular flexibility index (Phi) is 10.2. The van der Waals surface area contributed by atoms with Crippen LogP contribution in [0.1, 0.15) is 66.2 Å². The third-order valence-corrected chi connectivity index (χ3v) is 2.87. The fourth-order valence-corrected chi connectivity index (χ4v) is 1.75. The topological polar surface area (TPSA) is 52.6 Å². The summed E-state index contributed by atoms with van der Waals surface area (Å²) in [5.74, 6) is -0.817. The van der Waals surface area contributed by atoms with Gasteiger partial charge in [0.15, 0.2) is 0 Å². The molecule has 0 aliphatic carbocycles. The summed E-state index contributed by atoms with van der Waals surface area (Å²) in [6.07, 6.45) is 5.00. The lowest BCUT2D eigenvalue weighted by Gasteiger charge is -2.19. The van der Waals surface area contributed by atoms with Gasteiger partial charge in [-0.3, -0.25) is 4.79 Å². The quantitative estimate of drug-likeness (QED) is 0.451. The van der Waals surface area contributed by atoms with Gasteiger partial charge < -0.3 is 9.47 Å². The van der Waals surface area contributed by atoms with E-state index in [0.29, 0.717) is 13.0 Å². The minimum absolute atomic E-state index is 0.0666. The molecule has 4 nitrogen and oxygen atoms in total. The maximum Gasteiger partial charge on any atom is 0.347 e. The maximum absolute atomic E-state index is 11.7. The summed E-state index contributed by atoms with van der Waals surface area (Å²) < 4.78 is 10.1. The van der Waals surface area contributed by atoms with Crippen LogP contribution in [0.5, 0.6) is 0 Å². The Morgan fingerprint density at radius 3 is 2.16 bits per heavy atom. The van der Waals surface area contributed by atoms with Crippen molar-refractivity contribution < 1.29 is 19.1 Å². The minimum atomic E-state index is -0.775. The van der Waals surface area contributed by atoms with Gasteiger partial charge in [0.25, 0.3) is 0 Å². The zero-order valence-corrected chi connectivity index (χ0v) is 12.7. The molecule has 0 spiro atoms. The molecule has 0 N–H and O–H groups in total. The molecule has 0 heterocycles. The van der Waals surface area contributed by atoms with E-state index in [1.165, 1.54) is 12.8 Å². The molecular weight excluding hydrogens is 244 g/mol. The van der Waals surface area contributed by atoms with Crippen LogP contribution in [0.25, 0.3) is 0 Å². The molecule has 1 atom stereocenters. The number of unbranched alkanes of at least 4 members (excludes halogenated alkanes) is 4. The summed E-state index contributed by atoms with van der Waals surface area (Å²) in [6.45, 7) is 7.88. The van der Waals surface area contributed by atoms with E-state index < -0.39 is 12.1 Å². The Bertz CT molecular complexity index is 261. The highest BCUT2D eigenvalue weighted by Gasteiger charge is 2.27. The van der Waals surface area contributed by atoms with Crippen molar-refractivity contribution >= 4 is 11.9 Å². The third kappa shape index (κ3) is 8.62. The van der Waals surface area contributed by atoms with Crippen molar-refractivity contribution in [2.75, 3.05) is 6.61 Å². The zero-order chi connectivity index (χ0) is 14.7. The van der Waals surface area contributed by atoms with E-state index in [9.17, 15) is 9.59 Å². The van der Waals surface area contributed by atoms with Gasteiger partial charge in [0.05, 0.1) is 6.61 Å². The number of hydrogen-bond acceptors (Lipinski definition) is 4. The van der Waals surface area contributed by atoms with Crippen LogP contribution < -0.4 is 0 Å². The Labute approximate surface area is 116 Å². The number of rotatable bonds is 10. The van der Waals surface area contributed by atoms with Crippen molar-refractivity contribution in [3.8, 4) is 0 Å². The minimum Gasteiger partial charge on any atom is -0.463 e. The van der Waals surface area contributed by atoms with Crippen molar-refractivity contribution in [1.82, 2.24) is 0 Å². The largest absolute Gasteiger partial charge is 0.463 e. The van der Waals surface area contributed by atoms with Gasteiger partial charge >= 0.3 is 11.9 Å². The van der Waals surface area contributed by atoms with Crippen molar-refractivity contribution in [3.05, 3.63) is 0 Å². The summed E-state index contributed by atoms with van der Waals surface area (Å²) >= 11 is 0. The van der Waals surface area contributed by atoms with E-state index in [2.05, 4.69) is 6.92 Å². The molecule has 0 fully saturated rings. The molecular formula is C15H28O4. The van der Waals surface area contributed by atoms with Crippen LogP contribution in [0.4, 0.5) is 0 Å². The standard InChI is InChI=1S/C15H28O4/c1-5-7-8-9-10-11-13(16)19-14(12(3)4)15(17)18-6-2/h12,14H,5-11H2,1-4H3. The van der Waals surface area contributed by atoms with E-state index >= 15 is 0 Å². The van der Waals surface area contributed by atoms with E-state index in [1.54, 1.807) is 6.92 Å². The van der Waals surface area contributed by atoms with Crippen molar-refractivity contribution in [1.29, 1.82) is 0 Å². The first kappa shape index (κ1) is 17.9. The molecule has 19 heavy (non-hydrogen) atoms. The first-order valence-corrected chi connectivity index (χ1v) is 7.39. The Hall–Kier alpha value is -1.06. The number of hydrogen-bond donors (Lipinski definition) is 0. The molecule has 0 saturated heterocycles. The van der Waals surface area contributed by atoms with Gasteiger partial charge in [0.2, 0.25) is 6.10 Å². The summed E-state index contributed by atoms with van der Waals surface area (Å²) in [5.41, 5.74) is 0. The van der Waals surface area contributed by atoms with Crippen LogP contribution in [0, 0.1) is 5.92 Å². The molecule has 0 aromatic heterocycles. The van der Waals surface area contributed by atoms with Gasteiger partial charge in [-0.05, 0) is 13.3 Å². The predicted octanol–water partition coefficient (Wildman–Crippen LogP) is 3.48. The lowest BCUT2D eigenvalue weighted by Crippen LogP contribution is -2.33. The predicted molar refractivity (Wildman–Crippen MR) is 74.7 cm³/mol. The molecule has 0 amide bonds. The summed E-state index contributed by atoms with van der Waals surface area (Å²) in [7, 11) is 0. The Balaban J connectivity index is 4.00. The second kappa shape index (κ2) is 10.8. The van der Waals surface area contributed by atoms with E-state index in [4.69, 9.17) is 9.47 Å². The van der Waals surface area contributed by atoms with Gasteiger partial charge in [-0.2, -0.15) is 0 Å². The zero-order valence-electron chi connectivity index (χ0n) is 12.7. The molecule has 0 rings (SSSR count). The van der Waals surface area contributed by atoms with Gasteiger partial charge in [0, 0.05) is 12.3 Å². The van der Waals surface area contributed by atoms with Crippen LogP contribution in [0.3, 0.4) is 0 Å². The second-order valence-electron chi connectivity index (χ2n) is 5.07. The van der Waals surface area contributed by atoms with Crippen LogP contribution in [-0.2, 0) is 19.1 Å². The molecule has 0 aliphatic heterocycles. The molecule has 0 radical (unpaired) electrons.